The van der Waals surface area contributed by atoms with Crippen LogP contribution in [0.2, 0.25) is 0 Å². The van der Waals surface area contributed by atoms with Crippen LogP contribution >= 0.6 is 0 Å². The fourth-order valence-corrected chi connectivity index (χ4v) is 8.07. The van der Waals surface area contributed by atoms with Crippen molar-refractivity contribution in [1.29, 1.82) is 0 Å². The molecule has 51 heavy (non-hydrogen) atoms. The summed E-state index contributed by atoms with van der Waals surface area (Å²) in [6, 6.07) is 46.4. The molecule has 0 saturated carbocycles. The SMILES string of the molecule is C=C/C=c1\c(=C)oc2cccc(-n3c4ccc(-c5ccccc5)cc4n4c5c6ccccc6n(-c6cccc7oc8ccccc8c67)c5nc34)c12. The Kier molecular flexibility index (Phi) is 5.59. The number of allylic oxidation sites excluding steroid dienone is 1. The van der Waals surface area contributed by atoms with Gasteiger partial charge in [0, 0.05) is 16.0 Å². The lowest BCUT2D eigenvalue weighted by Crippen LogP contribution is -2.18. The van der Waals surface area contributed by atoms with E-state index in [2.05, 4.69) is 130 Å². The predicted octanol–water partition coefficient (Wildman–Crippen LogP) is 10.1. The first-order valence-electron chi connectivity index (χ1n) is 17.0. The lowest BCUT2D eigenvalue weighted by Gasteiger charge is -2.09. The Morgan fingerprint density at radius 1 is 0.569 bits per heavy atom. The number of fused-ring (bicyclic) bond motifs is 11. The lowest BCUT2D eigenvalue weighted by atomic mass is 10.1. The number of para-hydroxylation sites is 2. The van der Waals surface area contributed by atoms with E-state index in [0.29, 0.717) is 5.42 Å². The second-order valence-electron chi connectivity index (χ2n) is 12.9. The number of rotatable bonds is 4. The van der Waals surface area contributed by atoms with Crippen molar-refractivity contribution in [3.05, 3.63) is 157 Å². The maximum absolute atomic E-state index is 6.36. The van der Waals surface area contributed by atoms with Crippen LogP contribution in [0.25, 0.3) is 107 Å². The van der Waals surface area contributed by atoms with E-state index in [9.17, 15) is 0 Å². The van der Waals surface area contributed by atoms with Gasteiger partial charge < -0.3 is 8.83 Å². The quantitative estimate of drug-likeness (QED) is 0.190. The Hall–Kier alpha value is -7.05. The molecule has 6 heteroatoms. The van der Waals surface area contributed by atoms with Gasteiger partial charge >= 0.3 is 0 Å². The Morgan fingerprint density at radius 2 is 1.27 bits per heavy atom. The van der Waals surface area contributed by atoms with Gasteiger partial charge in [-0.1, -0.05) is 110 Å². The van der Waals surface area contributed by atoms with Gasteiger partial charge in [-0.25, -0.2) is 0 Å². The van der Waals surface area contributed by atoms with Crippen LogP contribution in [0.3, 0.4) is 0 Å². The summed E-state index contributed by atoms with van der Waals surface area (Å²) in [6.07, 6.45) is 3.75. The molecule has 0 unspecified atom stereocenters. The summed E-state index contributed by atoms with van der Waals surface area (Å²) in [7, 11) is 0. The second-order valence-corrected chi connectivity index (χ2v) is 12.9. The van der Waals surface area contributed by atoms with Crippen molar-refractivity contribution in [2.24, 2.45) is 0 Å². The largest absolute Gasteiger partial charge is 0.457 e. The summed E-state index contributed by atoms with van der Waals surface area (Å²) in [5.41, 5.74) is 12.4. The number of nitrogens with zero attached hydrogens (tertiary/aromatic N) is 4. The minimum atomic E-state index is 0.600. The zero-order valence-electron chi connectivity index (χ0n) is 27.4. The maximum Gasteiger partial charge on any atom is 0.222 e. The highest BCUT2D eigenvalue weighted by molar-refractivity contribution is 6.14. The molecule has 0 aliphatic rings. The third-order valence-corrected chi connectivity index (χ3v) is 10.2. The number of furan rings is 2. The molecule has 6 aromatic carbocycles. The van der Waals surface area contributed by atoms with Gasteiger partial charge in [-0.15, -0.1) is 0 Å². The van der Waals surface area contributed by atoms with Crippen LogP contribution in [0.4, 0.5) is 0 Å². The van der Waals surface area contributed by atoms with Crippen LogP contribution in [0.5, 0.6) is 0 Å². The van der Waals surface area contributed by atoms with Crippen molar-refractivity contribution < 1.29 is 8.83 Å². The predicted molar refractivity (Wildman–Crippen MR) is 208 cm³/mol. The molecule has 0 radical (unpaired) electrons. The summed E-state index contributed by atoms with van der Waals surface area (Å²) < 4.78 is 19.4. The molecule has 0 aliphatic heterocycles. The molecule has 0 N–H and O–H groups in total. The Labute approximate surface area is 290 Å². The van der Waals surface area contributed by atoms with Gasteiger partial charge in [0.25, 0.3) is 0 Å². The molecule has 6 nitrogen and oxygen atoms in total. The smallest absolute Gasteiger partial charge is 0.222 e. The summed E-state index contributed by atoms with van der Waals surface area (Å²) in [4.78, 5) is 5.59. The van der Waals surface area contributed by atoms with E-state index in [1.807, 2.05) is 36.4 Å². The number of hydrogen-bond donors (Lipinski definition) is 0. The van der Waals surface area contributed by atoms with E-state index in [0.717, 1.165) is 99.5 Å². The number of imidazole rings is 2. The number of hydrogen-bond acceptors (Lipinski definition) is 3. The van der Waals surface area contributed by atoms with Crippen molar-refractivity contribution in [3.8, 4) is 22.5 Å². The molecule has 240 valence electrons. The first-order chi connectivity index (χ1) is 25.2. The van der Waals surface area contributed by atoms with E-state index in [-0.39, 0.29) is 0 Å². The molecular formula is C45H28N4O2. The highest BCUT2D eigenvalue weighted by atomic mass is 16.3. The standard InChI is InChI=1S/C45H28N4O2/c1-3-13-30-27(2)50-39-22-12-20-36(41(30)39)48-34-25-24-29(28-14-5-4-6-15-28)26-37(34)49-43-31-16-7-9-18-33(31)47(44(43)46-45(48)49)35-19-11-23-40-42(35)32-17-8-10-21-38(32)51-40/h3-26H,1-2H2/b30-13+. The molecule has 11 aromatic rings. The minimum Gasteiger partial charge on any atom is -0.457 e. The molecule has 5 heterocycles. The van der Waals surface area contributed by atoms with Crippen molar-refractivity contribution in [1.82, 2.24) is 18.5 Å². The van der Waals surface area contributed by atoms with E-state index < -0.39 is 0 Å². The molecule has 0 bridgehead atoms. The van der Waals surface area contributed by atoms with Gasteiger partial charge in [-0.3, -0.25) is 13.5 Å². The van der Waals surface area contributed by atoms with Crippen molar-refractivity contribution in [2.45, 2.75) is 0 Å². The van der Waals surface area contributed by atoms with E-state index >= 15 is 0 Å². The van der Waals surface area contributed by atoms with Crippen LogP contribution in [-0.4, -0.2) is 18.5 Å². The third kappa shape index (κ3) is 3.73. The van der Waals surface area contributed by atoms with Crippen LogP contribution in [0.1, 0.15) is 0 Å². The average Bonchev–Trinajstić information content (AvgIpc) is 3.95. The molecule has 0 fully saturated rings. The third-order valence-electron chi connectivity index (χ3n) is 10.2. The highest BCUT2D eigenvalue weighted by Crippen LogP contribution is 2.41. The Balaban J connectivity index is 1.35. The summed E-state index contributed by atoms with van der Waals surface area (Å²) in [5, 5.41) is 5.10. The summed E-state index contributed by atoms with van der Waals surface area (Å²) >= 11 is 0. The lowest BCUT2D eigenvalue weighted by molar-refractivity contribution is 0.577. The first-order valence-corrected chi connectivity index (χ1v) is 17.0. The van der Waals surface area contributed by atoms with Gasteiger partial charge in [-0.2, -0.15) is 4.98 Å². The monoisotopic (exact) mass is 656 g/mol. The second kappa shape index (κ2) is 10.2. The molecular weight excluding hydrogens is 629 g/mol. The molecule has 5 aromatic heterocycles. The van der Waals surface area contributed by atoms with Crippen LogP contribution in [0.15, 0.2) is 155 Å². The van der Waals surface area contributed by atoms with Gasteiger partial charge in [-0.05, 0) is 59.7 Å². The normalized spacial score (nSPS) is 12.6. The van der Waals surface area contributed by atoms with E-state index in [4.69, 9.17) is 13.8 Å². The van der Waals surface area contributed by atoms with Crippen molar-refractivity contribution in [3.63, 3.8) is 0 Å². The fourth-order valence-electron chi connectivity index (χ4n) is 8.07. The van der Waals surface area contributed by atoms with Gasteiger partial charge in [0.2, 0.25) is 5.78 Å². The molecule has 0 saturated heterocycles. The molecule has 0 spiro atoms. The maximum atomic E-state index is 6.36. The Bertz CT molecular complexity index is 3350. The topological polar surface area (TPSA) is 53.4 Å². The first kappa shape index (κ1) is 27.9. The summed E-state index contributed by atoms with van der Waals surface area (Å²) in [6.45, 7) is 8.21. The van der Waals surface area contributed by atoms with Gasteiger partial charge in [0.1, 0.15) is 27.7 Å². The van der Waals surface area contributed by atoms with E-state index in [1.165, 1.54) is 0 Å². The molecule has 0 amide bonds. The van der Waals surface area contributed by atoms with E-state index in [1.54, 1.807) is 6.08 Å². The molecule has 0 atom stereocenters. The zero-order valence-corrected chi connectivity index (χ0v) is 27.4. The molecule has 11 rings (SSSR count). The Morgan fingerprint density at radius 3 is 2.10 bits per heavy atom. The minimum absolute atomic E-state index is 0.600. The number of benzene rings is 6. The zero-order chi connectivity index (χ0) is 33.8. The summed E-state index contributed by atoms with van der Waals surface area (Å²) in [5.74, 6) is 0.799. The van der Waals surface area contributed by atoms with Gasteiger partial charge in [0.15, 0.2) is 5.65 Å². The van der Waals surface area contributed by atoms with Gasteiger partial charge in [0.05, 0.1) is 38.7 Å². The van der Waals surface area contributed by atoms with Crippen molar-refractivity contribution >= 4 is 84.4 Å². The highest BCUT2D eigenvalue weighted by Gasteiger charge is 2.26. The van der Waals surface area contributed by atoms with Crippen LogP contribution < -0.4 is 10.6 Å². The van der Waals surface area contributed by atoms with Crippen molar-refractivity contribution in [2.75, 3.05) is 0 Å². The number of aromatic nitrogens is 4. The van der Waals surface area contributed by atoms with Crippen LogP contribution in [-0.2, 0) is 0 Å². The fraction of sp³-hybridized carbons (Fsp3) is 0. The average molecular weight is 657 g/mol. The van der Waals surface area contributed by atoms with Crippen LogP contribution in [0, 0.1) is 0 Å². The molecule has 0 aliphatic carbocycles.